The van der Waals surface area contributed by atoms with Gasteiger partial charge in [0.1, 0.15) is 5.82 Å². The van der Waals surface area contributed by atoms with Crippen molar-refractivity contribution < 1.29 is 9.18 Å². The lowest BCUT2D eigenvalue weighted by atomic mass is 9.88. The van der Waals surface area contributed by atoms with Crippen LogP contribution in [0.3, 0.4) is 0 Å². The zero-order valence-corrected chi connectivity index (χ0v) is 26.0. The Morgan fingerprint density at radius 2 is 1.51 bits per heavy atom. The molecule has 214 valence electrons. The number of aryl methyl sites for hydroxylation is 2. The van der Waals surface area contributed by atoms with E-state index in [0.29, 0.717) is 5.92 Å². The first-order valence-corrected chi connectivity index (χ1v) is 14.4. The Labute approximate surface area is 238 Å². The summed E-state index contributed by atoms with van der Waals surface area (Å²) < 4.78 is 13.2. The molecular formula is C35H51FN2O. The molecule has 1 heterocycles. The molecule has 1 aliphatic rings. The molecule has 4 heteroatoms. The van der Waals surface area contributed by atoms with E-state index in [4.69, 9.17) is 0 Å². The lowest BCUT2D eigenvalue weighted by molar-refractivity contribution is 0.0689. The summed E-state index contributed by atoms with van der Waals surface area (Å²) in [4.78, 5) is 17.5. The number of likely N-dealkylation sites (tertiary alicyclic amines) is 1. The monoisotopic (exact) mass is 534 g/mol. The summed E-state index contributed by atoms with van der Waals surface area (Å²) in [6, 6.07) is 10.9. The Kier molecular flexibility index (Phi) is 14.5. The number of carbonyl (C=O) groups excluding carboxylic acids is 1. The largest absolute Gasteiger partial charge is 0.378 e. The first-order chi connectivity index (χ1) is 18.5. The van der Waals surface area contributed by atoms with Crippen molar-refractivity contribution in [2.45, 2.75) is 74.1 Å². The molecule has 0 aliphatic carbocycles. The molecule has 2 aromatic rings. The van der Waals surface area contributed by atoms with Gasteiger partial charge < -0.3 is 9.80 Å². The van der Waals surface area contributed by atoms with E-state index in [0.717, 1.165) is 77.0 Å². The van der Waals surface area contributed by atoms with Gasteiger partial charge in [-0.25, -0.2) is 4.39 Å². The number of nitrogens with zero attached hydrogens (tertiary/aromatic N) is 2. The van der Waals surface area contributed by atoms with Crippen LogP contribution in [-0.2, 0) is 6.42 Å². The molecule has 0 N–H and O–H groups in total. The van der Waals surface area contributed by atoms with Gasteiger partial charge >= 0.3 is 0 Å². The van der Waals surface area contributed by atoms with Crippen molar-refractivity contribution in [2.75, 3.05) is 27.2 Å². The molecule has 1 fully saturated rings. The number of likely N-dealkylation sites (N-methyl/N-ethyl adjacent to an activating group) is 1. The number of halogens is 1. The highest BCUT2D eigenvalue weighted by Crippen LogP contribution is 2.32. The molecule has 3 rings (SSSR count). The van der Waals surface area contributed by atoms with Crippen LogP contribution in [0.15, 0.2) is 66.9 Å². The van der Waals surface area contributed by atoms with Crippen LogP contribution in [0, 0.1) is 25.6 Å². The van der Waals surface area contributed by atoms with Crippen LogP contribution in [0.4, 0.5) is 4.39 Å². The molecule has 0 unspecified atom stereocenters. The third-order valence-electron chi connectivity index (χ3n) is 6.93. The zero-order valence-electron chi connectivity index (χ0n) is 26.0. The minimum atomic E-state index is -0.201. The number of allylic oxidation sites excluding steroid dienone is 2. The number of hydrogen-bond acceptors (Lipinski definition) is 2. The van der Waals surface area contributed by atoms with Crippen LogP contribution in [0.5, 0.6) is 0 Å². The fraction of sp³-hybridized carbons (Fsp3) is 0.457. The van der Waals surface area contributed by atoms with Crippen molar-refractivity contribution in [3.63, 3.8) is 0 Å². The predicted molar refractivity (Wildman–Crippen MR) is 168 cm³/mol. The van der Waals surface area contributed by atoms with Gasteiger partial charge in [-0.3, -0.25) is 4.79 Å². The molecule has 0 saturated carbocycles. The summed E-state index contributed by atoms with van der Waals surface area (Å²) in [5.74, 6) is 0.401. The highest BCUT2D eigenvalue weighted by molar-refractivity contribution is 5.98. The van der Waals surface area contributed by atoms with Crippen molar-refractivity contribution in [1.82, 2.24) is 9.80 Å². The Morgan fingerprint density at radius 3 is 2.00 bits per heavy atom. The number of rotatable bonds is 7. The summed E-state index contributed by atoms with van der Waals surface area (Å²) in [7, 11) is 3.91. The van der Waals surface area contributed by atoms with Gasteiger partial charge in [-0.15, -0.1) is 0 Å². The molecule has 2 aromatic carbocycles. The van der Waals surface area contributed by atoms with E-state index in [1.807, 2.05) is 75.9 Å². The van der Waals surface area contributed by atoms with Gasteiger partial charge in [0.2, 0.25) is 0 Å². The standard InChI is InChI=1S/C30H37FN2O.C3H8.C2H6/c1-8-27(22(4)23(5)32(6)7)28-19-29(21(3)17-20(28)2)30(34)33-15-13-25(14-16-33)18-24-9-11-26(31)12-10-24;1-3-2;1-2/h8-12,17,19,25H,4-5,13-16,18H2,1-3,6-7H3;3H2,1-2H3;1-2H3/b27-8-;;. The minimum absolute atomic E-state index is 0.0893. The van der Waals surface area contributed by atoms with Crippen LogP contribution < -0.4 is 0 Å². The molecule has 3 nitrogen and oxygen atoms in total. The average Bonchev–Trinajstić information content (AvgIpc) is 2.92. The normalized spacial score (nSPS) is 13.5. The van der Waals surface area contributed by atoms with E-state index in [2.05, 4.69) is 40.0 Å². The maximum Gasteiger partial charge on any atom is 0.254 e. The van der Waals surface area contributed by atoms with E-state index in [1.54, 1.807) is 0 Å². The molecule has 0 atom stereocenters. The predicted octanol–water partition coefficient (Wildman–Crippen LogP) is 9.01. The number of piperidine rings is 1. The highest BCUT2D eigenvalue weighted by atomic mass is 19.1. The molecule has 1 aliphatic heterocycles. The molecule has 1 saturated heterocycles. The Balaban J connectivity index is 0.00000142. The van der Waals surface area contributed by atoms with E-state index in [-0.39, 0.29) is 11.7 Å². The number of hydrogen-bond donors (Lipinski definition) is 0. The molecule has 0 radical (unpaired) electrons. The van der Waals surface area contributed by atoms with Crippen LogP contribution in [0.2, 0.25) is 0 Å². The first-order valence-electron chi connectivity index (χ1n) is 14.4. The molecular weight excluding hydrogens is 483 g/mol. The minimum Gasteiger partial charge on any atom is -0.378 e. The lowest BCUT2D eigenvalue weighted by Gasteiger charge is -2.33. The number of benzene rings is 2. The van der Waals surface area contributed by atoms with Gasteiger partial charge in [0, 0.05) is 38.4 Å². The van der Waals surface area contributed by atoms with Crippen molar-refractivity contribution in [2.24, 2.45) is 5.92 Å². The van der Waals surface area contributed by atoms with Gasteiger partial charge in [0.05, 0.1) is 0 Å². The first kappa shape index (κ1) is 33.9. The Hall–Kier alpha value is -3.14. The van der Waals surface area contributed by atoms with Crippen LogP contribution in [0.25, 0.3) is 5.57 Å². The topological polar surface area (TPSA) is 23.6 Å². The van der Waals surface area contributed by atoms with Gasteiger partial charge in [0.25, 0.3) is 5.91 Å². The maximum atomic E-state index is 13.5. The van der Waals surface area contributed by atoms with E-state index >= 15 is 0 Å². The van der Waals surface area contributed by atoms with E-state index < -0.39 is 0 Å². The zero-order chi connectivity index (χ0) is 29.7. The molecule has 0 aromatic heterocycles. The summed E-state index contributed by atoms with van der Waals surface area (Å²) in [6.07, 6.45) is 6.14. The molecule has 0 bridgehead atoms. The fourth-order valence-electron chi connectivity index (χ4n) is 4.75. The van der Waals surface area contributed by atoms with Crippen LogP contribution in [0.1, 0.15) is 86.5 Å². The van der Waals surface area contributed by atoms with Gasteiger partial charge in [0.15, 0.2) is 0 Å². The van der Waals surface area contributed by atoms with Crippen molar-refractivity contribution in [3.8, 4) is 0 Å². The fourth-order valence-corrected chi connectivity index (χ4v) is 4.75. The number of amides is 1. The summed E-state index contributed by atoms with van der Waals surface area (Å²) in [5, 5.41) is 0. The third-order valence-corrected chi connectivity index (χ3v) is 6.93. The Morgan fingerprint density at radius 1 is 1.00 bits per heavy atom. The van der Waals surface area contributed by atoms with Gasteiger partial charge in [-0.2, -0.15) is 0 Å². The summed E-state index contributed by atoms with van der Waals surface area (Å²) >= 11 is 0. The van der Waals surface area contributed by atoms with E-state index in [1.165, 1.54) is 18.6 Å². The Bertz CT molecular complexity index is 1120. The summed E-state index contributed by atoms with van der Waals surface area (Å²) in [6.45, 7) is 24.3. The maximum absolute atomic E-state index is 13.5. The average molecular weight is 535 g/mol. The second-order valence-electron chi connectivity index (χ2n) is 10.3. The highest BCUT2D eigenvalue weighted by Gasteiger charge is 2.26. The second-order valence-corrected chi connectivity index (χ2v) is 10.3. The number of carbonyl (C=O) groups is 1. The van der Waals surface area contributed by atoms with Gasteiger partial charge in [-0.05, 0) is 97.6 Å². The summed E-state index contributed by atoms with van der Waals surface area (Å²) in [5.41, 5.74) is 7.76. The smallest absolute Gasteiger partial charge is 0.254 e. The third kappa shape index (κ3) is 9.53. The van der Waals surface area contributed by atoms with E-state index in [9.17, 15) is 9.18 Å². The molecule has 1 amide bonds. The van der Waals surface area contributed by atoms with Crippen molar-refractivity contribution >= 4 is 11.5 Å². The second kappa shape index (κ2) is 16.7. The van der Waals surface area contributed by atoms with Crippen molar-refractivity contribution in [3.05, 3.63) is 101 Å². The molecule has 0 spiro atoms. The van der Waals surface area contributed by atoms with Gasteiger partial charge in [-0.1, -0.05) is 71.5 Å². The van der Waals surface area contributed by atoms with Crippen LogP contribution in [-0.4, -0.2) is 42.9 Å². The van der Waals surface area contributed by atoms with Crippen molar-refractivity contribution in [1.29, 1.82) is 0 Å². The molecule has 39 heavy (non-hydrogen) atoms. The lowest BCUT2D eigenvalue weighted by Crippen LogP contribution is -2.39. The van der Waals surface area contributed by atoms with Crippen LogP contribution >= 0.6 is 0 Å². The quantitative estimate of drug-likeness (QED) is 0.331. The SMILES string of the molecule is C=C(C(=C)N(C)C)/C(=C/C)c1cc(C(=O)N2CCC(Cc3ccc(F)cc3)CC2)c(C)cc1C.CC.CCC.